The lowest BCUT2D eigenvalue weighted by Crippen LogP contribution is -2.39. The highest BCUT2D eigenvalue weighted by atomic mass is 16.2. The normalized spacial score (nSPS) is 14.9. The lowest BCUT2D eigenvalue weighted by atomic mass is 10.3. The number of unbranched alkanes of at least 4 members (excludes halogenated alkanes) is 1. The van der Waals surface area contributed by atoms with Crippen LogP contribution in [0.5, 0.6) is 0 Å². The fourth-order valence-electron chi connectivity index (χ4n) is 2.97. The van der Waals surface area contributed by atoms with Crippen LogP contribution in [-0.2, 0) is 20.1 Å². The minimum absolute atomic E-state index is 0.226. The Morgan fingerprint density at radius 2 is 1.95 bits per heavy atom. The van der Waals surface area contributed by atoms with Crippen LogP contribution in [0.1, 0.15) is 44.3 Å². The van der Waals surface area contributed by atoms with Gasteiger partial charge in [-0.2, -0.15) is 0 Å². The molecule has 2 heterocycles. The molecule has 1 fully saturated rings. The van der Waals surface area contributed by atoms with E-state index in [0.717, 1.165) is 31.5 Å². The highest BCUT2D eigenvalue weighted by Crippen LogP contribution is 2.40. The van der Waals surface area contributed by atoms with Gasteiger partial charge in [0.2, 0.25) is 0 Å². The second-order valence-electron chi connectivity index (χ2n) is 5.95. The van der Waals surface area contributed by atoms with Gasteiger partial charge in [0.25, 0.3) is 5.56 Å². The summed E-state index contributed by atoms with van der Waals surface area (Å²) >= 11 is 0. The summed E-state index contributed by atoms with van der Waals surface area (Å²) in [6.07, 6.45) is 3.75. The second kappa shape index (κ2) is 5.72. The van der Waals surface area contributed by atoms with Crippen molar-refractivity contribution in [2.24, 2.45) is 12.8 Å². The Kier molecular flexibility index (Phi) is 3.90. The van der Waals surface area contributed by atoms with Gasteiger partial charge in [-0.25, -0.2) is 9.78 Å². The number of aryl methyl sites for hydroxylation is 2. The van der Waals surface area contributed by atoms with Crippen molar-refractivity contribution in [1.29, 1.82) is 0 Å². The Morgan fingerprint density at radius 3 is 2.55 bits per heavy atom. The van der Waals surface area contributed by atoms with Crippen molar-refractivity contribution in [2.45, 2.75) is 51.6 Å². The molecule has 1 aliphatic rings. The van der Waals surface area contributed by atoms with Gasteiger partial charge in [-0.15, -0.1) is 0 Å². The fourth-order valence-corrected chi connectivity index (χ4v) is 2.97. The van der Waals surface area contributed by atoms with Crippen LogP contribution in [0.4, 0.5) is 0 Å². The summed E-state index contributed by atoms with van der Waals surface area (Å²) in [7, 11) is 1.69. The predicted octanol–water partition coefficient (Wildman–Crippen LogP) is 0.533. The minimum atomic E-state index is -0.294. The van der Waals surface area contributed by atoms with Gasteiger partial charge in [-0.05, 0) is 39.2 Å². The van der Waals surface area contributed by atoms with E-state index in [1.165, 1.54) is 9.13 Å². The van der Waals surface area contributed by atoms with Crippen LogP contribution >= 0.6 is 0 Å². The number of fused-ring (bicyclic) bond motifs is 1. The molecule has 0 spiro atoms. The summed E-state index contributed by atoms with van der Waals surface area (Å²) in [4.78, 5) is 29.8. The van der Waals surface area contributed by atoms with Crippen LogP contribution in [-0.4, -0.2) is 25.2 Å². The van der Waals surface area contributed by atoms with E-state index in [0.29, 0.717) is 36.7 Å². The molecule has 7 nitrogen and oxygen atoms in total. The lowest BCUT2D eigenvalue weighted by Gasteiger charge is -2.09. The molecule has 0 radical (unpaired) electrons. The molecule has 22 heavy (non-hydrogen) atoms. The molecular weight excluding hydrogens is 282 g/mol. The zero-order chi connectivity index (χ0) is 15.9. The van der Waals surface area contributed by atoms with Gasteiger partial charge < -0.3 is 10.3 Å². The van der Waals surface area contributed by atoms with Gasteiger partial charge in [0, 0.05) is 26.1 Å². The van der Waals surface area contributed by atoms with Crippen LogP contribution in [0.3, 0.4) is 0 Å². The Balaban J connectivity index is 2.22. The molecule has 2 N–H and O–H groups in total. The molecule has 120 valence electrons. The van der Waals surface area contributed by atoms with E-state index >= 15 is 0 Å². The molecule has 0 amide bonds. The molecule has 1 saturated carbocycles. The highest BCUT2D eigenvalue weighted by Gasteiger charge is 2.31. The van der Waals surface area contributed by atoms with Gasteiger partial charge in [0.1, 0.15) is 5.82 Å². The standard InChI is InChI=1S/C15H23N5O2/c1-3-19-11-13(17-12(19)10-6-7-10)18(2)15(22)20(14(11)21)9-5-4-8-16/h10H,3-9,16H2,1-2H3. The first kappa shape index (κ1) is 15.0. The average molecular weight is 305 g/mol. The molecule has 3 rings (SSSR count). The van der Waals surface area contributed by atoms with Crippen molar-refractivity contribution in [3.05, 3.63) is 26.7 Å². The van der Waals surface area contributed by atoms with Gasteiger partial charge in [0.15, 0.2) is 11.2 Å². The number of aromatic nitrogens is 4. The number of rotatable bonds is 6. The van der Waals surface area contributed by atoms with E-state index in [-0.39, 0.29) is 11.2 Å². The first-order valence-electron chi connectivity index (χ1n) is 8.00. The quantitative estimate of drug-likeness (QED) is 0.789. The summed E-state index contributed by atoms with van der Waals surface area (Å²) in [6.45, 7) is 3.68. The predicted molar refractivity (Wildman–Crippen MR) is 85.2 cm³/mol. The van der Waals surface area contributed by atoms with Gasteiger partial charge >= 0.3 is 5.69 Å². The second-order valence-corrected chi connectivity index (χ2v) is 5.95. The molecule has 0 atom stereocenters. The summed E-state index contributed by atoms with van der Waals surface area (Å²) in [5, 5.41) is 0. The SMILES string of the molecule is CCn1c(C2CC2)nc2c1c(=O)n(CCCCN)c(=O)n2C. The Morgan fingerprint density at radius 1 is 1.23 bits per heavy atom. The third-order valence-corrected chi connectivity index (χ3v) is 4.36. The summed E-state index contributed by atoms with van der Waals surface area (Å²) < 4.78 is 4.80. The molecule has 2 aromatic rings. The van der Waals surface area contributed by atoms with E-state index in [1.54, 1.807) is 7.05 Å². The smallest absolute Gasteiger partial charge is 0.330 e. The molecule has 2 aromatic heterocycles. The van der Waals surface area contributed by atoms with Crippen molar-refractivity contribution in [3.8, 4) is 0 Å². The van der Waals surface area contributed by atoms with Crippen molar-refractivity contribution >= 4 is 11.2 Å². The molecule has 0 aromatic carbocycles. The van der Waals surface area contributed by atoms with Crippen molar-refractivity contribution in [2.75, 3.05) is 6.54 Å². The maximum atomic E-state index is 12.8. The van der Waals surface area contributed by atoms with Gasteiger partial charge in [-0.1, -0.05) is 0 Å². The number of nitrogens with zero attached hydrogens (tertiary/aromatic N) is 4. The van der Waals surface area contributed by atoms with Crippen LogP contribution < -0.4 is 17.0 Å². The van der Waals surface area contributed by atoms with Gasteiger partial charge in [-0.3, -0.25) is 13.9 Å². The van der Waals surface area contributed by atoms with E-state index in [1.807, 2.05) is 11.5 Å². The van der Waals surface area contributed by atoms with E-state index in [4.69, 9.17) is 5.73 Å². The zero-order valence-corrected chi connectivity index (χ0v) is 13.2. The molecule has 0 aliphatic heterocycles. The zero-order valence-electron chi connectivity index (χ0n) is 13.2. The molecule has 0 unspecified atom stereocenters. The Bertz CT molecular complexity index is 810. The molecule has 0 bridgehead atoms. The number of hydrogen-bond donors (Lipinski definition) is 1. The number of nitrogens with two attached hydrogens (primary N) is 1. The Hall–Kier alpha value is -1.89. The van der Waals surface area contributed by atoms with Crippen LogP contribution in [0, 0.1) is 0 Å². The van der Waals surface area contributed by atoms with Crippen LogP contribution in [0.15, 0.2) is 9.59 Å². The highest BCUT2D eigenvalue weighted by molar-refractivity contribution is 5.71. The fraction of sp³-hybridized carbons (Fsp3) is 0.667. The lowest BCUT2D eigenvalue weighted by molar-refractivity contribution is 0.556. The molecular formula is C15H23N5O2. The summed E-state index contributed by atoms with van der Waals surface area (Å²) in [6, 6.07) is 0. The molecule has 0 saturated heterocycles. The van der Waals surface area contributed by atoms with E-state index < -0.39 is 0 Å². The number of hydrogen-bond acceptors (Lipinski definition) is 4. The first-order valence-corrected chi connectivity index (χ1v) is 8.00. The van der Waals surface area contributed by atoms with Crippen molar-refractivity contribution in [3.63, 3.8) is 0 Å². The maximum absolute atomic E-state index is 12.8. The molecule has 1 aliphatic carbocycles. The average Bonchev–Trinajstić information content (AvgIpc) is 3.28. The third kappa shape index (κ3) is 2.29. The van der Waals surface area contributed by atoms with Crippen molar-refractivity contribution < 1.29 is 0 Å². The van der Waals surface area contributed by atoms with Gasteiger partial charge in [0.05, 0.1) is 0 Å². The minimum Gasteiger partial charge on any atom is -0.330 e. The van der Waals surface area contributed by atoms with Crippen molar-refractivity contribution in [1.82, 2.24) is 18.7 Å². The summed E-state index contributed by atoms with van der Waals surface area (Å²) in [5.41, 5.74) is 6.04. The summed E-state index contributed by atoms with van der Waals surface area (Å²) in [5.74, 6) is 1.39. The van der Waals surface area contributed by atoms with Crippen LogP contribution in [0.2, 0.25) is 0 Å². The van der Waals surface area contributed by atoms with E-state index in [2.05, 4.69) is 4.98 Å². The molecule has 7 heteroatoms. The van der Waals surface area contributed by atoms with E-state index in [9.17, 15) is 9.59 Å². The first-order chi connectivity index (χ1) is 10.6. The monoisotopic (exact) mass is 305 g/mol. The maximum Gasteiger partial charge on any atom is 0.332 e. The van der Waals surface area contributed by atoms with Crippen LogP contribution in [0.25, 0.3) is 11.2 Å². The third-order valence-electron chi connectivity index (χ3n) is 4.36. The topological polar surface area (TPSA) is 87.8 Å². The largest absolute Gasteiger partial charge is 0.332 e. The number of imidazole rings is 1. The Labute approximate surface area is 128 Å².